The Morgan fingerprint density at radius 2 is 1.70 bits per heavy atom. The van der Waals surface area contributed by atoms with E-state index in [4.69, 9.17) is 9.47 Å². The smallest absolute Gasteiger partial charge is 0.269 e. The lowest BCUT2D eigenvalue weighted by molar-refractivity contribution is -0.384. The fourth-order valence-electron chi connectivity index (χ4n) is 6.60. The van der Waals surface area contributed by atoms with Gasteiger partial charge in [-0.2, -0.15) is 0 Å². The van der Waals surface area contributed by atoms with E-state index in [0.717, 1.165) is 48.1 Å². The molecule has 2 aromatic carbocycles. The van der Waals surface area contributed by atoms with Crippen molar-refractivity contribution < 1.29 is 19.2 Å². The molecule has 4 aliphatic rings. The quantitative estimate of drug-likeness (QED) is 0.282. The van der Waals surface area contributed by atoms with Gasteiger partial charge in [0.05, 0.1) is 12.0 Å². The number of hydrogen-bond donors (Lipinski definition) is 0. The Balaban J connectivity index is 1.28. The number of non-ortho nitro benzene ring substituents is 1. The van der Waals surface area contributed by atoms with Gasteiger partial charge in [-0.05, 0) is 92.2 Å². The molecule has 33 heavy (non-hydrogen) atoms. The van der Waals surface area contributed by atoms with E-state index in [-0.39, 0.29) is 17.7 Å². The molecule has 0 amide bonds. The molecule has 4 aliphatic carbocycles. The summed E-state index contributed by atoms with van der Waals surface area (Å²) < 4.78 is 11.3. The maximum absolute atomic E-state index is 13.3. The van der Waals surface area contributed by atoms with Crippen molar-refractivity contribution in [3.63, 3.8) is 0 Å². The van der Waals surface area contributed by atoms with Gasteiger partial charge in [0.25, 0.3) is 5.69 Å². The van der Waals surface area contributed by atoms with Crippen molar-refractivity contribution in [1.82, 2.24) is 0 Å². The van der Waals surface area contributed by atoms with Crippen molar-refractivity contribution in [2.75, 3.05) is 7.11 Å². The summed E-state index contributed by atoms with van der Waals surface area (Å²) in [7, 11) is 1.61. The lowest BCUT2D eigenvalue weighted by Gasteiger charge is -2.55. The normalized spacial score (nSPS) is 27.6. The Morgan fingerprint density at radius 3 is 2.27 bits per heavy atom. The standard InChI is InChI=1S/C27H29NO5/c1-32-25-8-2-18(13-22(25)17-33-24-6-4-23(5-7-24)28(30)31)3-9-26(29)27-14-19-10-20(15-27)12-21(11-19)16-27/h2-9,13,19-21H,10-12,14-17H2,1H3. The summed E-state index contributed by atoms with van der Waals surface area (Å²) in [6.45, 7) is 0.256. The van der Waals surface area contributed by atoms with E-state index in [1.807, 2.05) is 24.3 Å². The minimum absolute atomic E-state index is 0.0238. The van der Waals surface area contributed by atoms with Crippen LogP contribution in [0.4, 0.5) is 5.69 Å². The largest absolute Gasteiger partial charge is 0.496 e. The van der Waals surface area contributed by atoms with Crippen LogP contribution >= 0.6 is 0 Å². The van der Waals surface area contributed by atoms with Crippen molar-refractivity contribution in [3.05, 3.63) is 69.8 Å². The van der Waals surface area contributed by atoms with Crippen molar-refractivity contribution in [2.24, 2.45) is 23.2 Å². The molecule has 0 aromatic heterocycles. The third-order valence-corrected chi connectivity index (χ3v) is 7.73. The average molecular weight is 448 g/mol. The Kier molecular flexibility index (Phi) is 5.69. The SMILES string of the molecule is COc1ccc(C=CC(=O)C23CC4CC(CC(C4)C2)C3)cc1COc1ccc([N+](=O)[O-])cc1. The fraction of sp³-hybridized carbons (Fsp3) is 0.444. The van der Waals surface area contributed by atoms with Crippen LogP contribution in [0.3, 0.4) is 0 Å². The maximum atomic E-state index is 13.3. The zero-order chi connectivity index (χ0) is 23.0. The van der Waals surface area contributed by atoms with Crippen molar-refractivity contribution in [3.8, 4) is 11.5 Å². The molecule has 0 N–H and O–H groups in total. The molecule has 4 bridgehead atoms. The average Bonchev–Trinajstić information content (AvgIpc) is 2.80. The highest BCUT2D eigenvalue weighted by Crippen LogP contribution is 2.60. The number of methoxy groups -OCH3 is 1. The van der Waals surface area contributed by atoms with Gasteiger partial charge >= 0.3 is 0 Å². The number of ketones is 1. The van der Waals surface area contributed by atoms with E-state index >= 15 is 0 Å². The Bertz CT molecular complexity index is 1050. The van der Waals surface area contributed by atoms with E-state index in [2.05, 4.69) is 0 Å². The highest BCUT2D eigenvalue weighted by atomic mass is 16.6. The number of nitro groups is 1. The molecule has 172 valence electrons. The molecule has 0 aliphatic heterocycles. The van der Waals surface area contributed by atoms with Gasteiger partial charge in [-0.3, -0.25) is 14.9 Å². The summed E-state index contributed by atoms with van der Waals surface area (Å²) >= 11 is 0. The van der Waals surface area contributed by atoms with Crippen LogP contribution < -0.4 is 9.47 Å². The summed E-state index contributed by atoms with van der Waals surface area (Å²) in [4.78, 5) is 23.7. The summed E-state index contributed by atoms with van der Waals surface area (Å²) in [5.41, 5.74) is 1.67. The predicted octanol–water partition coefficient (Wildman–Crippen LogP) is 5.98. The zero-order valence-corrected chi connectivity index (χ0v) is 18.9. The predicted molar refractivity (Wildman–Crippen MR) is 125 cm³/mol. The number of rotatable bonds is 8. The maximum Gasteiger partial charge on any atom is 0.269 e. The van der Waals surface area contributed by atoms with Crippen LogP contribution in [0, 0.1) is 33.3 Å². The molecule has 0 radical (unpaired) electrons. The second-order valence-corrected chi connectivity index (χ2v) is 10.0. The second kappa shape index (κ2) is 8.65. The molecule has 0 heterocycles. The molecule has 2 aromatic rings. The first-order valence-electron chi connectivity index (χ1n) is 11.7. The highest BCUT2D eigenvalue weighted by Gasteiger charge is 2.53. The van der Waals surface area contributed by atoms with E-state index < -0.39 is 4.92 Å². The fourth-order valence-corrected chi connectivity index (χ4v) is 6.60. The summed E-state index contributed by atoms with van der Waals surface area (Å²) in [5.74, 6) is 3.77. The number of ether oxygens (including phenoxy) is 2. The summed E-state index contributed by atoms with van der Waals surface area (Å²) in [6.07, 6.45) is 10.9. The molecule has 0 spiro atoms. The number of hydrogen-bond acceptors (Lipinski definition) is 5. The number of carbonyl (C=O) groups excluding carboxylic acids is 1. The molecule has 6 nitrogen and oxygen atoms in total. The second-order valence-electron chi connectivity index (χ2n) is 10.0. The van der Waals surface area contributed by atoms with Gasteiger partial charge in [0.15, 0.2) is 5.78 Å². The summed E-state index contributed by atoms with van der Waals surface area (Å²) in [5, 5.41) is 10.8. The van der Waals surface area contributed by atoms with E-state index in [1.165, 1.54) is 31.4 Å². The van der Waals surface area contributed by atoms with Crippen LogP contribution in [0.25, 0.3) is 6.08 Å². The number of nitrogens with zero attached hydrogens (tertiary/aromatic N) is 1. The lowest BCUT2D eigenvalue weighted by Crippen LogP contribution is -2.49. The highest BCUT2D eigenvalue weighted by molar-refractivity contribution is 5.98. The third kappa shape index (κ3) is 4.39. The Hall–Kier alpha value is -3.15. The molecule has 6 heteroatoms. The molecule has 0 atom stereocenters. The lowest BCUT2D eigenvalue weighted by atomic mass is 9.48. The van der Waals surface area contributed by atoms with Crippen LogP contribution in [0.15, 0.2) is 48.5 Å². The van der Waals surface area contributed by atoms with Crippen LogP contribution in [0.1, 0.15) is 49.7 Å². The molecule has 6 rings (SSSR count). The van der Waals surface area contributed by atoms with E-state index in [9.17, 15) is 14.9 Å². The molecule has 0 unspecified atom stereocenters. The minimum Gasteiger partial charge on any atom is -0.496 e. The molecule has 4 fully saturated rings. The van der Waals surface area contributed by atoms with Gasteiger partial charge in [-0.25, -0.2) is 0 Å². The van der Waals surface area contributed by atoms with Crippen LogP contribution in [0.5, 0.6) is 11.5 Å². The molecular formula is C27H29NO5. The molecular weight excluding hydrogens is 418 g/mol. The zero-order valence-electron chi connectivity index (χ0n) is 18.9. The monoisotopic (exact) mass is 447 g/mol. The minimum atomic E-state index is -0.437. The Morgan fingerprint density at radius 1 is 1.06 bits per heavy atom. The number of nitro benzene ring substituents is 1. The number of carbonyl (C=O) groups is 1. The Labute approximate surface area is 193 Å². The van der Waals surface area contributed by atoms with Gasteiger partial charge < -0.3 is 9.47 Å². The topological polar surface area (TPSA) is 78.7 Å². The number of benzene rings is 2. The third-order valence-electron chi connectivity index (χ3n) is 7.73. The van der Waals surface area contributed by atoms with Crippen LogP contribution in [-0.4, -0.2) is 17.8 Å². The van der Waals surface area contributed by atoms with Crippen molar-refractivity contribution in [2.45, 2.75) is 45.1 Å². The van der Waals surface area contributed by atoms with Crippen LogP contribution in [-0.2, 0) is 11.4 Å². The van der Waals surface area contributed by atoms with Crippen molar-refractivity contribution in [1.29, 1.82) is 0 Å². The van der Waals surface area contributed by atoms with Crippen molar-refractivity contribution >= 4 is 17.5 Å². The van der Waals surface area contributed by atoms with Gasteiger partial charge in [0.1, 0.15) is 18.1 Å². The molecule has 4 saturated carbocycles. The first-order valence-corrected chi connectivity index (χ1v) is 11.7. The van der Waals surface area contributed by atoms with E-state index in [1.54, 1.807) is 25.3 Å². The van der Waals surface area contributed by atoms with Gasteiger partial charge in [-0.15, -0.1) is 0 Å². The van der Waals surface area contributed by atoms with Gasteiger partial charge in [0, 0.05) is 23.1 Å². The van der Waals surface area contributed by atoms with E-state index in [0.29, 0.717) is 17.3 Å². The van der Waals surface area contributed by atoms with Gasteiger partial charge in [0.2, 0.25) is 0 Å². The summed E-state index contributed by atoms with van der Waals surface area (Å²) in [6, 6.07) is 11.8. The van der Waals surface area contributed by atoms with Gasteiger partial charge in [-0.1, -0.05) is 12.1 Å². The number of allylic oxidation sites excluding steroid dienone is 1. The first-order chi connectivity index (χ1) is 15.9. The molecule has 0 saturated heterocycles. The first kappa shape index (κ1) is 21.7. The van der Waals surface area contributed by atoms with Crippen LogP contribution in [0.2, 0.25) is 0 Å².